The first-order valence-electron chi connectivity index (χ1n) is 7.62. The third-order valence-electron chi connectivity index (χ3n) is 3.59. The number of nitrogens with one attached hydrogen (secondary N) is 1. The van der Waals surface area contributed by atoms with Crippen molar-refractivity contribution in [3.8, 4) is 0 Å². The van der Waals surface area contributed by atoms with E-state index in [-0.39, 0.29) is 18.5 Å². The Hall–Kier alpha value is -2.08. The van der Waals surface area contributed by atoms with E-state index in [1.165, 1.54) is 5.06 Å². The fourth-order valence-corrected chi connectivity index (χ4v) is 2.43. The second-order valence-corrected chi connectivity index (χ2v) is 5.41. The zero-order valence-electron chi connectivity index (χ0n) is 12.5. The van der Waals surface area contributed by atoms with Crippen LogP contribution in [-0.2, 0) is 16.1 Å². The van der Waals surface area contributed by atoms with Crippen molar-refractivity contribution in [3.63, 3.8) is 0 Å². The Morgan fingerprint density at radius 1 is 1.27 bits per heavy atom. The van der Waals surface area contributed by atoms with E-state index in [1.807, 2.05) is 30.3 Å². The highest BCUT2D eigenvalue weighted by Crippen LogP contribution is 2.10. The number of carbonyl (C=O) groups is 2. The summed E-state index contributed by atoms with van der Waals surface area (Å²) in [5.41, 5.74) is 1.07. The van der Waals surface area contributed by atoms with Gasteiger partial charge >= 0.3 is 12.0 Å². The van der Waals surface area contributed by atoms with Gasteiger partial charge in [-0.3, -0.25) is 9.63 Å². The molecule has 1 aliphatic rings. The van der Waals surface area contributed by atoms with Crippen LogP contribution in [-0.4, -0.2) is 41.4 Å². The molecule has 0 aromatic heterocycles. The molecule has 1 fully saturated rings. The molecule has 2 rings (SSSR count). The number of amides is 2. The summed E-state index contributed by atoms with van der Waals surface area (Å²) < 4.78 is 0. The lowest BCUT2D eigenvalue weighted by Gasteiger charge is -2.28. The molecule has 2 amide bonds. The number of urea groups is 1. The molecule has 6 nitrogen and oxygen atoms in total. The number of hydroxylamine groups is 2. The SMILES string of the molecule is O=C(O)CCC(Cc1ccccc1)NC(=O)N1CCCCO1. The van der Waals surface area contributed by atoms with Crippen molar-refractivity contribution in [2.45, 2.75) is 38.1 Å². The highest BCUT2D eigenvalue weighted by molar-refractivity contribution is 5.73. The highest BCUT2D eigenvalue weighted by atomic mass is 16.7. The molecule has 1 aliphatic heterocycles. The molecule has 0 radical (unpaired) electrons. The van der Waals surface area contributed by atoms with E-state index in [4.69, 9.17) is 9.94 Å². The van der Waals surface area contributed by atoms with Crippen LogP contribution < -0.4 is 5.32 Å². The summed E-state index contributed by atoms with van der Waals surface area (Å²) in [6, 6.07) is 9.21. The molecule has 120 valence electrons. The van der Waals surface area contributed by atoms with Crippen LogP contribution in [0.25, 0.3) is 0 Å². The van der Waals surface area contributed by atoms with Crippen LogP contribution in [0.4, 0.5) is 4.79 Å². The molecule has 1 atom stereocenters. The van der Waals surface area contributed by atoms with Gasteiger partial charge in [-0.1, -0.05) is 30.3 Å². The molecule has 6 heteroatoms. The average molecular weight is 306 g/mol. The number of hydrogen-bond donors (Lipinski definition) is 2. The van der Waals surface area contributed by atoms with E-state index in [0.717, 1.165) is 18.4 Å². The molecule has 22 heavy (non-hydrogen) atoms. The first-order chi connectivity index (χ1) is 10.6. The van der Waals surface area contributed by atoms with E-state index in [0.29, 0.717) is 26.0 Å². The summed E-state index contributed by atoms with van der Waals surface area (Å²) in [6.07, 6.45) is 2.90. The molecule has 2 N–H and O–H groups in total. The van der Waals surface area contributed by atoms with Crippen molar-refractivity contribution >= 4 is 12.0 Å². The predicted molar refractivity (Wildman–Crippen MR) is 81.2 cm³/mol. The Kier molecular flexibility index (Phi) is 6.21. The Morgan fingerprint density at radius 3 is 2.68 bits per heavy atom. The van der Waals surface area contributed by atoms with Crippen molar-refractivity contribution in [2.75, 3.05) is 13.2 Å². The van der Waals surface area contributed by atoms with Crippen LogP contribution in [0.5, 0.6) is 0 Å². The second-order valence-electron chi connectivity index (χ2n) is 5.41. The lowest BCUT2D eigenvalue weighted by molar-refractivity contribution is -0.140. The normalized spacial score (nSPS) is 16.1. The molecular weight excluding hydrogens is 284 g/mol. The molecule has 1 aromatic rings. The summed E-state index contributed by atoms with van der Waals surface area (Å²) in [5.74, 6) is -0.860. The number of rotatable bonds is 6. The first kappa shape index (κ1) is 16.3. The van der Waals surface area contributed by atoms with Crippen LogP contribution in [0.3, 0.4) is 0 Å². The van der Waals surface area contributed by atoms with Crippen LogP contribution >= 0.6 is 0 Å². The minimum absolute atomic E-state index is 0.0264. The molecule has 0 spiro atoms. The third-order valence-corrected chi connectivity index (χ3v) is 3.59. The average Bonchev–Trinajstić information content (AvgIpc) is 2.54. The van der Waals surface area contributed by atoms with Gasteiger partial charge in [0, 0.05) is 12.5 Å². The monoisotopic (exact) mass is 306 g/mol. The zero-order valence-corrected chi connectivity index (χ0v) is 12.5. The molecule has 0 saturated carbocycles. The van der Waals surface area contributed by atoms with Crippen molar-refractivity contribution in [3.05, 3.63) is 35.9 Å². The van der Waals surface area contributed by atoms with Gasteiger partial charge in [-0.2, -0.15) is 0 Å². The summed E-state index contributed by atoms with van der Waals surface area (Å²) in [4.78, 5) is 28.3. The molecule has 0 bridgehead atoms. The van der Waals surface area contributed by atoms with Gasteiger partial charge in [-0.25, -0.2) is 9.86 Å². The Labute approximate surface area is 130 Å². The maximum absolute atomic E-state index is 12.2. The molecular formula is C16H22N2O4. The van der Waals surface area contributed by atoms with Gasteiger partial charge < -0.3 is 10.4 Å². The van der Waals surface area contributed by atoms with Gasteiger partial charge in [0.2, 0.25) is 0 Å². The van der Waals surface area contributed by atoms with Gasteiger partial charge in [-0.15, -0.1) is 0 Å². The van der Waals surface area contributed by atoms with Gasteiger partial charge in [0.05, 0.1) is 13.2 Å². The molecule has 1 saturated heterocycles. The maximum atomic E-state index is 12.2. The summed E-state index contributed by atoms with van der Waals surface area (Å²) >= 11 is 0. The zero-order chi connectivity index (χ0) is 15.8. The van der Waals surface area contributed by atoms with Crippen LogP contribution in [0.15, 0.2) is 30.3 Å². The minimum Gasteiger partial charge on any atom is -0.481 e. The molecule has 1 aromatic carbocycles. The standard InChI is InChI=1S/C16H22N2O4/c19-15(20)9-8-14(12-13-6-2-1-3-7-13)17-16(21)18-10-4-5-11-22-18/h1-3,6-7,14H,4-5,8-12H2,(H,17,21)(H,19,20). The van der Waals surface area contributed by atoms with E-state index in [9.17, 15) is 9.59 Å². The van der Waals surface area contributed by atoms with Crippen molar-refractivity contribution in [1.29, 1.82) is 0 Å². The minimum atomic E-state index is -0.860. The lowest BCUT2D eigenvalue weighted by Crippen LogP contribution is -2.47. The third kappa shape index (κ3) is 5.37. The van der Waals surface area contributed by atoms with Crippen LogP contribution in [0, 0.1) is 0 Å². The molecule has 0 aliphatic carbocycles. The van der Waals surface area contributed by atoms with Gasteiger partial charge in [0.1, 0.15) is 0 Å². The number of carboxylic acids is 1. The van der Waals surface area contributed by atoms with Crippen molar-refractivity contribution in [1.82, 2.24) is 10.4 Å². The van der Waals surface area contributed by atoms with E-state index in [2.05, 4.69) is 5.32 Å². The first-order valence-corrected chi connectivity index (χ1v) is 7.62. The highest BCUT2D eigenvalue weighted by Gasteiger charge is 2.21. The van der Waals surface area contributed by atoms with Gasteiger partial charge in [-0.05, 0) is 31.2 Å². The lowest BCUT2D eigenvalue weighted by atomic mass is 10.0. The van der Waals surface area contributed by atoms with Gasteiger partial charge in [0.15, 0.2) is 0 Å². The van der Waals surface area contributed by atoms with Crippen LogP contribution in [0.2, 0.25) is 0 Å². The van der Waals surface area contributed by atoms with Crippen molar-refractivity contribution < 1.29 is 19.5 Å². The summed E-state index contributed by atoms with van der Waals surface area (Å²) in [5, 5.41) is 13.1. The number of benzene rings is 1. The summed E-state index contributed by atoms with van der Waals surface area (Å²) in [6.45, 7) is 1.12. The van der Waals surface area contributed by atoms with E-state index >= 15 is 0 Å². The number of nitrogens with zero attached hydrogens (tertiary/aromatic N) is 1. The van der Waals surface area contributed by atoms with Crippen molar-refractivity contribution in [2.24, 2.45) is 0 Å². The van der Waals surface area contributed by atoms with E-state index < -0.39 is 5.97 Å². The van der Waals surface area contributed by atoms with Gasteiger partial charge in [0.25, 0.3) is 0 Å². The Morgan fingerprint density at radius 2 is 2.05 bits per heavy atom. The Balaban J connectivity index is 1.93. The molecule has 1 unspecified atom stereocenters. The maximum Gasteiger partial charge on any atom is 0.341 e. The number of carboxylic acid groups (broad SMARTS) is 1. The second kappa shape index (κ2) is 8.38. The predicted octanol–water partition coefficient (Wildman–Crippen LogP) is 2.20. The van der Waals surface area contributed by atoms with Crippen LogP contribution in [0.1, 0.15) is 31.2 Å². The molecule has 1 heterocycles. The van der Waals surface area contributed by atoms with E-state index in [1.54, 1.807) is 0 Å². The number of carbonyl (C=O) groups excluding carboxylic acids is 1. The fourth-order valence-electron chi connectivity index (χ4n) is 2.43. The number of hydrogen-bond acceptors (Lipinski definition) is 3. The quantitative estimate of drug-likeness (QED) is 0.844. The smallest absolute Gasteiger partial charge is 0.341 e. The largest absolute Gasteiger partial charge is 0.481 e. The fraction of sp³-hybridized carbons (Fsp3) is 0.500. The number of aliphatic carboxylic acids is 1. The summed E-state index contributed by atoms with van der Waals surface area (Å²) in [7, 11) is 0. The Bertz CT molecular complexity index is 486. The topological polar surface area (TPSA) is 78.9 Å².